The number of amides is 1. The van der Waals surface area contributed by atoms with Crippen molar-refractivity contribution in [2.75, 3.05) is 6.54 Å². The Morgan fingerprint density at radius 2 is 1.55 bits per heavy atom. The van der Waals surface area contributed by atoms with Crippen LogP contribution in [0, 0.1) is 0 Å². The summed E-state index contributed by atoms with van der Waals surface area (Å²) in [6.45, 7) is 6.47. The Balaban J connectivity index is 1.63. The van der Waals surface area contributed by atoms with Gasteiger partial charge in [-0.3, -0.25) is 4.79 Å². The molecule has 4 rings (SSSR count). The minimum absolute atomic E-state index is 0.206. The van der Waals surface area contributed by atoms with Crippen molar-refractivity contribution in [1.82, 2.24) is 9.47 Å². The summed E-state index contributed by atoms with van der Waals surface area (Å²) in [6, 6.07) is 25.6. The summed E-state index contributed by atoms with van der Waals surface area (Å²) in [5.74, 6) is 0.206. The molecule has 1 heterocycles. The fourth-order valence-electron chi connectivity index (χ4n) is 4.18. The monoisotopic (exact) mass is 384 g/mol. The highest BCUT2D eigenvalue weighted by molar-refractivity contribution is 6.08. The van der Waals surface area contributed by atoms with Crippen LogP contribution in [0.2, 0.25) is 0 Å². The van der Waals surface area contributed by atoms with Gasteiger partial charge >= 0.3 is 0 Å². The van der Waals surface area contributed by atoms with Gasteiger partial charge in [0.05, 0.1) is 0 Å². The number of carbonyl (C=O) groups excluding carboxylic acids is 1. The number of rotatable bonds is 7. The van der Waals surface area contributed by atoms with E-state index in [4.69, 9.17) is 0 Å². The average Bonchev–Trinajstić information content (AvgIpc) is 3.09. The SMILES string of the molecule is CCC(=O)N(CCc1ccccc1)Cc1ccc2c(c1)c1ccccc1n2CC. The number of carbonyl (C=O) groups is 1. The zero-order valence-electron chi connectivity index (χ0n) is 17.3. The normalized spacial score (nSPS) is 11.2. The molecule has 1 amide bonds. The molecule has 0 saturated heterocycles. The van der Waals surface area contributed by atoms with Gasteiger partial charge in [-0.1, -0.05) is 61.5 Å². The van der Waals surface area contributed by atoms with Gasteiger partial charge in [-0.05, 0) is 42.7 Å². The van der Waals surface area contributed by atoms with Crippen molar-refractivity contribution in [1.29, 1.82) is 0 Å². The van der Waals surface area contributed by atoms with Gasteiger partial charge < -0.3 is 9.47 Å². The molecule has 0 radical (unpaired) electrons. The second-order valence-corrected chi connectivity index (χ2v) is 7.52. The van der Waals surface area contributed by atoms with Crippen LogP contribution in [-0.4, -0.2) is 21.9 Å². The van der Waals surface area contributed by atoms with Crippen molar-refractivity contribution in [3.8, 4) is 0 Å². The summed E-state index contributed by atoms with van der Waals surface area (Å²) >= 11 is 0. The van der Waals surface area contributed by atoms with Crippen molar-refractivity contribution in [3.05, 3.63) is 83.9 Å². The van der Waals surface area contributed by atoms with Crippen LogP contribution in [0.3, 0.4) is 0 Å². The maximum Gasteiger partial charge on any atom is 0.222 e. The third-order valence-corrected chi connectivity index (χ3v) is 5.69. The molecule has 0 atom stereocenters. The van der Waals surface area contributed by atoms with Crippen LogP contribution < -0.4 is 0 Å². The van der Waals surface area contributed by atoms with Crippen molar-refractivity contribution in [2.45, 2.75) is 39.8 Å². The third-order valence-electron chi connectivity index (χ3n) is 5.69. The average molecular weight is 385 g/mol. The van der Waals surface area contributed by atoms with Crippen molar-refractivity contribution < 1.29 is 4.79 Å². The van der Waals surface area contributed by atoms with Gasteiger partial charge in [-0.2, -0.15) is 0 Å². The summed E-state index contributed by atoms with van der Waals surface area (Å²) in [5.41, 5.74) is 4.98. The van der Waals surface area contributed by atoms with Gasteiger partial charge in [0.15, 0.2) is 0 Å². The molecule has 3 nitrogen and oxygen atoms in total. The molecule has 0 aliphatic heterocycles. The van der Waals surface area contributed by atoms with Crippen molar-refractivity contribution in [2.24, 2.45) is 0 Å². The first kappa shape index (κ1) is 19.3. The number of aromatic nitrogens is 1. The molecule has 0 saturated carbocycles. The lowest BCUT2D eigenvalue weighted by Crippen LogP contribution is -2.31. The van der Waals surface area contributed by atoms with Gasteiger partial charge in [0, 0.05) is 47.9 Å². The van der Waals surface area contributed by atoms with Gasteiger partial charge in [0.25, 0.3) is 0 Å². The quantitative estimate of drug-likeness (QED) is 0.395. The lowest BCUT2D eigenvalue weighted by atomic mass is 10.1. The Bertz CT molecular complexity index is 1130. The molecule has 3 aromatic carbocycles. The summed E-state index contributed by atoms with van der Waals surface area (Å²) in [5, 5.41) is 2.55. The summed E-state index contributed by atoms with van der Waals surface area (Å²) < 4.78 is 2.36. The minimum Gasteiger partial charge on any atom is -0.341 e. The van der Waals surface area contributed by atoms with E-state index in [2.05, 4.69) is 78.2 Å². The Labute approximate surface area is 172 Å². The van der Waals surface area contributed by atoms with Crippen molar-refractivity contribution in [3.63, 3.8) is 0 Å². The Morgan fingerprint density at radius 1 is 0.828 bits per heavy atom. The summed E-state index contributed by atoms with van der Waals surface area (Å²) in [7, 11) is 0. The fourth-order valence-corrected chi connectivity index (χ4v) is 4.18. The summed E-state index contributed by atoms with van der Waals surface area (Å²) in [6.07, 6.45) is 1.41. The van der Waals surface area contributed by atoms with Crippen LogP contribution >= 0.6 is 0 Å². The van der Waals surface area contributed by atoms with E-state index in [1.54, 1.807) is 0 Å². The summed E-state index contributed by atoms with van der Waals surface area (Å²) in [4.78, 5) is 14.6. The van der Waals surface area contributed by atoms with E-state index in [-0.39, 0.29) is 5.91 Å². The largest absolute Gasteiger partial charge is 0.341 e. The molecule has 0 fully saturated rings. The molecule has 0 spiro atoms. The molecular formula is C26H28N2O. The molecule has 1 aromatic heterocycles. The molecule has 0 aliphatic rings. The highest BCUT2D eigenvalue weighted by Crippen LogP contribution is 2.30. The van der Waals surface area contributed by atoms with Crippen LogP contribution in [-0.2, 0) is 24.3 Å². The number of fused-ring (bicyclic) bond motifs is 3. The van der Waals surface area contributed by atoms with Crippen molar-refractivity contribution >= 4 is 27.7 Å². The highest BCUT2D eigenvalue weighted by atomic mass is 16.2. The van der Waals surface area contributed by atoms with E-state index in [9.17, 15) is 4.79 Å². The van der Waals surface area contributed by atoms with Gasteiger partial charge in [-0.25, -0.2) is 0 Å². The molecule has 0 N–H and O–H groups in total. The van der Waals surface area contributed by atoms with Crippen LogP contribution in [0.15, 0.2) is 72.8 Å². The van der Waals surface area contributed by atoms with E-state index in [1.807, 2.05) is 17.9 Å². The first-order valence-electron chi connectivity index (χ1n) is 10.5. The first-order valence-corrected chi connectivity index (χ1v) is 10.5. The molecule has 4 aromatic rings. The Kier molecular flexibility index (Phi) is 5.66. The second kappa shape index (κ2) is 8.52. The van der Waals surface area contributed by atoms with E-state index in [1.165, 1.54) is 32.9 Å². The van der Waals surface area contributed by atoms with Gasteiger partial charge in [-0.15, -0.1) is 0 Å². The van der Waals surface area contributed by atoms with Crippen LogP contribution in [0.4, 0.5) is 0 Å². The molecule has 0 aliphatic carbocycles. The van der Waals surface area contributed by atoms with E-state index in [0.29, 0.717) is 13.0 Å². The lowest BCUT2D eigenvalue weighted by Gasteiger charge is -2.22. The van der Waals surface area contributed by atoms with Crippen LogP contribution in [0.1, 0.15) is 31.4 Å². The molecule has 0 bridgehead atoms. The third kappa shape index (κ3) is 3.91. The minimum atomic E-state index is 0.206. The molecule has 29 heavy (non-hydrogen) atoms. The number of aryl methyl sites for hydroxylation is 1. The fraction of sp³-hybridized carbons (Fsp3) is 0.269. The molecule has 3 heteroatoms. The standard InChI is InChI=1S/C26H28N2O/c1-3-26(29)27(17-16-20-10-6-5-7-11-20)19-21-14-15-25-23(18-21)22-12-8-9-13-24(22)28(25)4-2/h5-15,18H,3-4,16-17,19H2,1-2H3. The number of benzene rings is 3. The number of nitrogens with zero attached hydrogens (tertiary/aromatic N) is 2. The Hall–Kier alpha value is -3.07. The molecular weight excluding hydrogens is 356 g/mol. The second-order valence-electron chi connectivity index (χ2n) is 7.52. The van der Waals surface area contributed by atoms with Gasteiger partial charge in [0.1, 0.15) is 0 Å². The predicted molar refractivity (Wildman–Crippen MR) is 121 cm³/mol. The topological polar surface area (TPSA) is 25.2 Å². The van der Waals surface area contributed by atoms with E-state index in [0.717, 1.165) is 19.5 Å². The van der Waals surface area contributed by atoms with Crippen LogP contribution in [0.25, 0.3) is 21.8 Å². The lowest BCUT2D eigenvalue weighted by molar-refractivity contribution is -0.131. The highest BCUT2D eigenvalue weighted by Gasteiger charge is 2.14. The number of hydrogen-bond donors (Lipinski definition) is 0. The number of para-hydroxylation sites is 1. The van der Waals surface area contributed by atoms with E-state index < -0.39 is 0 Å². The smallest absolute Gasteiger partial charge is 0.222 e. The first-order chi connectivity index (χ1) is 14.2. The zero-order chi connectivity index (χ0) is 20.2. The maximum absolute atomic E-state index is 12.6. The maximum atomic E-state index is 12.6. The predicted octanol–water partition coefficient (Wildman–Crippen LogP) is 5.80. The van der Waals surface area contributed by atoms with Crippen LogP contribution in [0.5, 0.6) is 0 Å². The number of hydrogen-bond acceptors (Lipinski definition) is 1. The Morgan fingerprint density at radius 3 is 2.31 bits per heavy atom. The van der Waals surface area contributed by atoms with E-state index >= 15 is 0 Å². The molecule has 148 valence electrons. The zero-order valence-corrected chi connectivity index (χ0v) is 17.3. The van der Waals surface area contributed by atoms with Gasteiger partial charge in [0.2, 0.25) is 5.91 Å². The molecule has 0 unspecified atom stereocenters.